The normalized spacial score (nSPS) is 14.7. The first kappa shape index (κ1) is 12.1. The van der Waals surface area contributed by atoms with E-state index in [-0.39, 0.29) is 6.04 Å². The minimum atomic E-state index is 0.214. The van der Waals surface area contributed by atoms with Gasteiger partial charge in [-0.15, -0.1) is 0 Å². The maximum absolute atomic E-state index is 6.13. The van der Waals surface area contributed by atoms with Crippen LogP contribution in [0.4, 0.5) is 0 Å². The topological polar surface area (TPSA) is 35.2 Å². The van der Waals surface area contributed by atoms with Gasteiger partial charge in [-0.25, -0.2) is 0 Å². The lowest BCUT2D eigenvalue weighted by Crippen LogP contribution is -2.26. The summed E-state index contributed by atoms with van der Waals surface area (Å²) in [6.07, 6.45) is 2.18. The molecule has 0 aliphatic heterocycles. The molecule has 0 saturated heterocycles. The SMILES string of the molecule is CCCC(N)C(C)c1ccccc1OC. The molecule has 2 nitrogen and oxygen atoms in total. The Morgan fingerprint density at radius 3 is 2.60 bits per heavy atom. The largest absolute Gasteiger partial charge is 0.496 e. The van der Waals surface area contributed by atoms with Crippen LogP contribution < -0.4 is 10.5 Å². The quantitative estimate of drug-likeness (QED) is 0.805. The standard InChI is InChI=1S/C13H21NO/c1-4-7-12(14)10(2)11-8-5-6-9-13(11)15-3/h5-6,8-10,12H,4,7,14H2,1-3H3. The fourth-order valence-corrected chi connectivity index (χ4v) is 1.86. The number of para-hydroxylation sites is 1. The third-order valence-electron chi connectivity index (χ3n) is 2.89. The van der Waals surface area contributed by atoms with E-state index in [0.29, 0.717) is 5.92 Å². The molecule has 0 amide bonds. The summed E-state index contributed by atoms with van der Waals surface area (Å²) < 4.78 is 5.34. The molecule has 0 spiro atoms. The summed E-state index contributed by atoms with van der Waals surface area (Å²) in [5, 5.41) is 0. The summed E-state index contributed by atoms with van der Waals surface area (Å²) in [5.41, 5.74) is 7.34. The van der Waals surface area contributed by atoms with E-state index < -0.39 is 0 Å². The Hall–Kier alpha value is -1.02. The first-order chi connectivity index (χ1) is 7.20. The van der Waals surface area contributed by atoms with E-state index in [1.165, 1.54) is 5.56 Å². The second-order valence-electron chi connectivity index (χ2n) is 3.98. The van der Waals surface area contributed by atoms with Crippen molar-refractivity contribution in [3.63, 3.8) is 0 Å². The van der Waals surface area contributed by atoms with Gasteiger partial charge in [0.2, 0.25) is 0 Å². The average molecular weight is 207 g/mol. The highest BCUT2D eigenvalue weighted by Crippen LogP contribution is 2.28. The molecule has 0 radical (unpaired) electrons. The number of nitrogens with two attached hydrogens (primary N) is 1. The van der Waals surface area contributed by atoms with Crippen molar-refractivity contribution >= 4 is 0 Å². The van der Waals surface area contributed by atoms with Gasteiger partial charge in [0.1, 0.15) is 5.75 Å². The van der Waals surface area contributed by atoms with E-state index in [1.54, 1.807) is 7.11 Å². The number of rotatable bonds is 5. The van der Waals surface area contributed by atoms with Crippen molar-refractivity contribution in [1.82, 2.24) is 0 Å². The molecule has 2 unspecified atom stereocenters. The minimum Gasteiger partial charge on any atom is -0.496 e. The van der Waals surface area contributed by atoms with Crippen molar-refractivity contribution in [2.45, 2.75) is 38.6 Å². The lowest BCUT2D eigenvalue weighted by Gasteiger charge is -2.21. The molecule has 1 aromatic rings. The monoisotopic (exact) mass is 207 g/mol. The van der Waals surface area contributed by atoms with Crippen LogP contribution in [0.1, 0.15) is 38.2 Å². The third-order valence-corrected chi connectivity index (χ3v) is 2.89. The van der Waals surface area contributed by atoms with Gasteiger partial charge in [0, 0.05) is 6.04 Å². The highest BCUT2D eigenvalue weighted by atomic mass is 16.5. The lowest BCUT2D eigenvalue weighted by molar-refractivity contribution is 0.400. The lowest BCUT2D eigenvalue weighted by atomic mass is 9.90. The van der Waals surface area contributed by atoms with Crippen LogP contribution in [0.25, 0.3) is 0 Å². The summed E-state index contributed by atoms with van der Waals surface area (Å²) in [7, 11) is 1.71. The van der Waals surface area contributed by atoms with Gasteiger partial charge >= 0.3 is 0 Å². The van der Waals surface area contributed by atoms with E-state index in [0.717, 1.165) is 18.6 Å². The second-order valence-corrected chi connectivity index (χ2v) is 3.98. The molecule has 1 aromatic carbocycles. The van der Waals surface area contributed by atoms with Gasteiger partial charge in [0.25, 0.3) is 0 Å². The summed E-state index contributed by atoms with van der Waals surface area (Å²) in [4.78, 5) is 0. The smallest absolute Gasteiger partial charge is 0.122 e. The average Bonchev–Trinajstić information content (AvgIpc) is 2.28. The number of methoxy groups -OCH3 is 1. The zero-order chi connectivity index (χ0) is 11.3. The highest BCUT2D eigenvalue weighted by Gasteiger charge is 2.17. The maximum Gasteiger partial charge on any atom is 0.122 e. The first-order valence-corrected chi connectivity index (χ1v) is 5.59. The van der Waals surface area contributed by atoms with Gasteiger partial charge in [-0.05, 0) is 24.0 Å². The van der Waals surface area contributed by atoms with E-state index in [2.05, 4.69) is 19.9 Å². The van der Waals surface area contributed by atoms with Crippen LogP contribution in [-0.2, 0) is 0 Å². The Labute approximate surface area is 92.4 Å². The Morgan fingerprint density at radius 2 is 2.00 bits per heavy atom. The first-order valence-electron chi connectivity index (χ1n) is 5.59. The van der Waals surface area contributed by atoms with Crippen LogP contribution >= 0.6 is 0 Å². The zero-order valence-corrected chi connectivity index (χ0v) is 9.86. The molecular formula is C13H21NO. The predicted molar refractivity (Wildman–Crippen MR) is 64.3 cm³/mol. The number of hydrogen-bond acceptors (Lipinski definition) is 2. The predicted octanol–water partition coefficient (Wildman–Crippen LogP) is 2.93. The zero-order valence-electron chi connectivity index (χ0n) is 9.86. The molecule has 0 heterocycles. The van der Waals surface area contributed by atoms with Gasteiger partial charge in [-0.2, -0.15) is 0 Å². The Balaban J connectivity index is 2.84. The molecule has 0 bridgehead atoms. The molecule has 15 heavy (non-hydrogen) atoms. The van der Waals surface area contributed by atoms with Crippen molar-refractivity contribution in [3.8, 4) is 5.75 Å². The van der Waals surface area contributed by atoms with Crippen LogP contribution in [0.15, 0.2) is 24.3 Å². The fraction of sp³-hybridized carbons (Fsp3) is 0.538. The van der Waals surface area contributed by atoms with E-state index in [4.69, 9.17) is 10.5 Å². The molecule has 0 aliphatic rings. The van der Waals surface area contributed by atoms with E-state index in [9.17, 15) is 0 Å². The van der Waals surface area contributed by atoms with Crippen molar-refractivity contribution in [3.05, 3.63) is 29.8 Å². The Morgan fingerprint density at radius 1 is 1.33 bits per heavy atom. The Bertz CT molecular complexity index is 298. The maximum atomic E-state index is 6.13. The minimum absolute atomic E-state index is 0.214. The number of ether oxygens (including phenoxy) is 1. The Kier molecular flexibility index (Phi) is 4.63. The van der Waals surface area contributed by atoms with Crippen LogP contribution in [0.3, 0.4) is 0 Å². The molecule has 1 rings (SSSR count). The van der Waals surface area contributed by atoms with Crippen LogP contribution in [0, 0.1) is 0 Å². The highest BCUT2D eigenvalue weighted by molar-refractivity contribution is 5.36. The van der Waals surface area contributed by atoms with Crippen molar-refractivity contribution in [2.75, 3.05) is 7.11 Å². The van der Waals surface area contributed by atoms with E-state index in [1.807, 2.05) is 18.2 Å². The summed E-state index contributed by atoms with van der Waals surface area (Å²) >= 11 is 0. The number of benzene rings is 1. The van der Waals surface area contributed by atoms with Gasteiger partial charge < -0.3 is 10.5 Å². The molecule has 0 aromatic heterocycles. The fourth-order valence-electron chi connectivity index (χ4n) is 1.86. The van der Waals surface area contributed by atoms with Gasteiger partial charge in [-0.1, -0.05) is 38.5 Å². The third kappa shape index (κ3) is 2.96. The summed E-state index contributed by atoms with van der Waals surface area (Å²) in [6, 6.07) is 8.32. The molecule has 0 saturated carbocycles. The molecule has 84 valence electrons. The molecule has 0 aliphatic carbocycles. The second kappa shape index (κ2) is 5.76. The van der Waals surface area contributed by atoms with Gasteiger partial charge in [-0.3, -0.25) is 0 Å². The van der Waals surface area contributed by atoms with Gasteiger partial charge in [0.05, 0.1) is 7.11 Å². The van der Waals surface area contributed by atoms with Crippen molar-refractivity contribution < 1.29 is 4.74 Å². The van der Waals surface area contributed by atoms with Crippen molar-refractivity contribution in [1.29, 1.82) is 0 Å². The van der Waals surface area contributed by atoms with Crippen molar-refractivity contribution in [2.24, 2.45) is 5.73 Å². The van der Waals surface area contributed by atoms with Crippen LogP contribution in [0.2, 0.25) is 0 Å². The molecule has 0 fully saturated rings. The molecule has 2 atom stereocenters. The van der Waals surface area contributed by atoms with Crippen LogP contribution in [-0.4, -0.2) is 13.2 Å². The summed E-state index contributed by atoms with van der Waals surface area (Å²) in [5.74, 6) is 1.29. The number of hydrogen-bond donors (Lipinski definition) is 1. The molecule has 2 N–H and O–H groups in total. The van der Waals surface area contributed by atoms with E-state index >= 15 is 0 Å². The molecular weight excluding hydrogens is 186 g/mol. The summed E-state index contributed by atoms with van der Waals surface area (Å²) in [6.45, 7) is 4.33. The molecule has 2 heteroatoms. The van der Waals surface area contributed by atoms with Gasteiger partial charge in [0.15, 0.2) is 0 Å². The van der Waals surface area contributed by atoms with Crippen LogP contribution in [0.5, 0.6) is 5.75 Å².